The van der Waals surface area contributed by atoms with E-state index >= 15 is 0 Å². The quantitative estimate of drug-likeness (QED) is 0.507. The minimum absolute atomic E-state index is 0.489. The van der Waals surface area contributed by atoms with Crippen molar-refractivity contribution in [2.75, 3.05) is 0 Å². The molecule has 106 valence electrons. The Hall–Kier alpha value is -0.781. The molecule has 1 aromatic carbocycles. The van der Waals surface area contributed by atoms with Crippen LogP contribution in [0.15, 0.2) is 24.3 Å². The van der Waals surface area contributed by atoms with E-state index in [1.54, 1.807) is 13.8 Å². The van der Waals surface area contributed by atoms with Gasteiger partial charge in [0.25, 0.3) is 0 Å². The summed E-state index contributed by atoms with van der Waals surface area (Å²) >= 11 is 2.36. The van der Waals surface area contributed by atoms with Crippen LogP contribution in [0.3, 0.4) is 0 Å². The summed E-state index contributed by atoms with van der Waals surface area (Å²) in [4.78, 5) is 0. The van der Waals surface area contributed by atoms with Gasteiger partial charge < -0.3 is 0 Å². The molecule has 1 heterocycles. The van der Waals surface area contributed by atoms with Crippen LogP contribution in [0.1, 0.15) is 39.2 Å². The molecule has 0 aliphatic rings. The number of fused-ring (bicyclic) bond motifs is 1. The van der Waals surface area contributed by atoms with Crippen molar-refractivity contribution in [3.05, 3.63) is 29.8 Å². The molecule has 0 aliphatic heterocycles. The fraction of sp³-hybridized carbons (Fsp3) is 0.412. The normalized spacial score (nSPS) is 11.4. The van der Waals surface area contributed by atoms with Gasteiger partial charge in [-0.2, -0.15) is 0 Å². The summed E-state index contributed by atoms with van der Waals surface area (Å²) in [5.74, 6) is 6.20. The van der Waals surface area contributed by atoms with Gasteiger partial charge in [0, 0.05) is 0 Å². The monoisotopic (exact) mass is 352 g/mol. The number of aliphatic hydroxyl groups is 1. The van der Waals surface area contributed by atoms with E-state index in [-0.39, 0.29) is 0 Å². The molecular weight excluding hydrogens is 331 g/mol. The van der Waals surface area contributed by atoms with Crippen molar-refractivity contribution in [1.29, 1.82) is 0 Å². The van der Waals surface area contributed by atoms with Gasteiger partial charge in [0.05, 0.1) is 0 Å². The zero-order chi connectivity index (χ0) is 14.6. The predicted molar refractivity (Wildman–Crippen MR) is 90.1 cm³/mol. The van der Waals surface area contributed by atoms with Gasteiger partial charge in [-0.1, -0.05) is 0 Å². The third-order valence-corrected chi connectivity index (χ3v) is 6.90. The summed E-state index contributed by atoms with van der Waals surface area (Å²) in [5.41, 5.74) is 0.209. The molecule has 0 saturated carbocycles. The molecular formula is C17H20OSSe. The van der Waals surface area contributed by atoms with Crippen molar-refractivity contribution in [3.8, 4) is 11.8 Å². The summed E-state index contributed by atoms with van der Waals surface area (Å²) in [6.07, 6.45) is 2.53. The van der Waals surface area contributed by atoms with E-state index in [0.717, 1.165) is 5.56 Å². The molecule has 1 N–H and O–H groups in total. The molecule has 0 radical (unpaired) electrons. The summed E-state index contributed by atoms with van der Waals surface area (Å²) < 4.78 is 2.73. The van der Waals surface area contributed by atoms with Crippen molar-refractivity contribution in [3.63, 3.8) is 0 Å². The van der Waals surface area contributed by atoms with Crippen molar-refractivity contribution in [2.24, 2.45) is 0 Å². The summed E-state index contributed by atoms with van der Waals surface area (Å²) in [7, 11) is 0. The molecule has 0 amide bonds. The van der Waals surface area contributed by atoms with Gasteiger partial charge in [-0.25, -0.2) is 0 Å². The predicted octanol–water partition coefficient (Wildman–Crippen LogP) is 3.57. The van der Waals surface area contributed by atoms with Crippen molar-refractivity contribution in [1.82, 2.24) is 0 Å². The standard InChI is InChI=1S/C17H20OSSe/c1-4-5-12-20-16-14(10-11-17(2,3)18)13-8-6-7-9-15(13)19-16/h6-9,18H,4-5,12H2,1-3H3. The van der Waals surface area contributed by atoms with Crippen LogP contribution in [0.2, 0.25) is 5.32 Å². The van der Waals surface area contributed by atoms with Crippen molar-refractivity contribution in [2.45, 2.75) is 44.5 Å². The second kappa shape index (κ2) is 6.78. The van der Waals surface area contributed by atoms with E-state index < -0.39 is 5.60 Å². The van der Waals surface area contributed by atoms with E-state index in [1.807, 2.05) is 11.3 Å². The molecule has 0 bridgehead atoms. The topological polar surface area (TPSA) is 20.2 Å². The maximum absolute atomic E-state index is 9.83. The average Bonchev–Trinajstić information content (AvgIpc) is 2.73. The fourth-order valence-corrected chi connectivity index (χ4v) is 6.02. The Kier molecular flexibility index (Phi) is 5.29. The Labute approximate surface area is 131 Å². The zero-order valence-electron chi connectivity index (χ0n) is 12.2. The molecule has 0 spiro atoms. The van der Waals surface area contributed by atoms with Crippen molar-refractivity contribution >= 4 is 40.2 Å². The summed E-state index contributed by atoms with van der Waals surface area (Å²) in [5, 5.41) is 12.3. The Bertz CT molecular complexity index is 640. The molecule has 0 aliphatic carbocycles. The van der Waals surface area contributed by atoms with E-state index in [9.17, 15) is 5.11 Å². The first-order valence-corrected chi connectivity index (χ1v) is 9.79. The van der Waals surface area contributed by atoms with Gasteiger partial charge in [0.15, 0.2) is 0 Å². The second-order valence-corrected chi connectivity index (χ2v) is 9.23. The molecule has 2 aromatic rings. The van der Waals surface area contributed by atoms with Crippen molar-refractivity contribution < 1.29 is 5.11 Å². The van der Waals surface area contributed by atoms with Gasteiger partial charge >= 0.3 is 131 Å². The Morgan fingerprint density at radius 3 is 2.75 bits per heavy atom. The van der Waals surface area contributed by atoms with Gasteiger partial charge in [-0.05, 0) is 0 Å². The maximum atomic E-state index is 9.83. The Balaban J connectivity index is 2.41. The van der Waals surface area contributed by atoms with Gasteiger partial charge in [0.1, 0.15) is 0 Å². The first-order valence-electron chi connectivity index (χ1n) is 6.91. The molecule has 0 atom stereocenters. The van der Waals surface area contributed by atoms with Crippen LogP contribution >= 0.6 is 11.3 Å². The Morgan fingerprint density at radius 1 is 1.30 bits per heavy atom. The molecule has 20 heavy (non-hydrogen) atoms. The van der Waals surface area contributed by atoms with Crippen LogP contribution in [0, 0.1) is 11.8 Å². The first kappa shape index (κ1) is 15.6. The number of unbranched alkanes of at least 4 members (excludes halogenated alkanes) is 1. The zero-order valence-corrected chi connectivity index (χ0v) is 14.7. The number of rotatable bonds is 4. The molecule has 1 nitrogen and oxygen atoms in total. The summed E-state index contributed by atoms with van der Waals surface area (Å²) in [6, 6.07) is 8.44. The number of benzene rings is 1. The minimum atomic E-state index is -0.934. The van der Waals surface area contributed by atoms with Gasteiger partial charge in [0.2, 0.25) is 0 Å². The fourth-order valence-electron chi connectivity index (χ4n) is 1.77. The van der Waals surface area contributed by atoms with E-state index in [4.69, 9.17) is 0 Å². The molecule has 0 saturated heterocycles. The molecule has 0 fully saturated rings. The van der Waals surface area contributed by atoms with Crippen LogP contribution in [0.5, 0.6) is 0 Å². The SMILES string of the molecule is CCCC[Se]c1sc2ccccc2c1C#CC(C)(C)O. The average molecular weight is 351 g/mol. The molecule has 0 unspecified atom stereocenters. The Morgan fingerprint density at radius 2 is 2.05 bits per heavy atom. The molecule has 2 rings (SSSR count). The van der Waals surface area contributed by atoms with Crippen LogP contribution in [0.25, 0.3) is 10.1 Å². The van der Waals surface area contributed by atoms with Gasteiger partial charge in [-0.15, -0.1) is 0 Å². The summed E-state index contributed by atoms with van der Waals surface area (Å²) in [6.45, 7) is 5.70. The third kappa shape index (κ3) is 4.10. The number of hydrogen-bond donors (Lipinski definition) is 1. The second-order valence-electron chi connectivity index (χ2n) is 5.27. The van der Waals surface area contributed by atoms with Crippen LogP contribution < -0.4 is 3.78 Å². The number of hydrogen-bond acceptors (Lipinski definition) is 2. The van der Waals surface area contributed by atoms with E-state index in [1.165, 1.54) is 32.0 Å². The van der Waals surface area contributed by atoms with E-state index in [0.29, 0.717) is 15.0 Å². The molecule has 1 aromatic heterocycles. The van der Waals surface area contributed by atoms with Crippen LogP contribution in [-0.2, 0) is 0 Å². The first-order chi connectivity index (χ1) is 9.51. The molecule has 3 heteroatoms. The number of thiophene rings is 1. The van der Waals surface area contributed by atoms with E-state index in [2.05, 4.69) is 43.0 Å². The third-order valence-electron chi connectivity index (χ3n) is 2.79. The van der Waals surface area contributed by atoms with Crippen LogP contribution in [0.4, 0.5) is 0 Å². The van der Waals surface area contributed by atoms with Crippen LogP contribution in [-0.4, -0.2) is 25.7 Å². The van der Waals surface area contributed by atoms with Gasteiger partial charge in [-0.3, -0.25) is 0 Å².